The average Bonchev–Trinajstić information content (AvgIpc) is 3.08. The van der Waals surface area contributed by atoms with Gasteiger partial charge in [-0.1, -0.05) is 18.2 Å². The maximum Gasteiger partial charge on any atom is 0.277 e. The Bertz CT molecular complexity index is 973. The van der Waals surface area contributed by atoms with E-state index >= 15 is 0 Å². The molecule has 5 heteroatoms. The highest BCUT2D eigenvalue weighted by molar-refractivity contribution is 6.07. The van der Waals surface area contributed by atoms with Crippen LogP contribution >= 0.6 is 0 Å². The lowest BCUT2D eigenvalue weighted by Gasteiger charge is -2.24. The normalized spacial score (nSPS) is 15.4. The van der Waals surface area contributed by atoms with Crippen molar-refractivity contribution in [2.75, 3.05) is 23.4 Å². The molecule has 1 atom stereocenters. The van der Waals surface area contributed by atoms with Gasteiger partial charge in [-0.2, -0.15) is 0 Å². The molecule has 1 aliphatic heterocycles. The number of likely N-dealkylation sites (N-methyl/N-ethyl adjacent to an activating group) is 1. The first kappa shape index (κ1) is 18.2. The number of anilines is 2. The molecule has 5 nitrogen and oxygen atoms in total. The number of benzene rings is 1. The molecule has 0 spiro atoms. The molecule has 4 rings (SSSR count). The quantitative estimate of drug-likeness (QED) is 0.684. The number of carbonyl (C=O) groups is 1. The minimum Gasteiger partial charge on any atom is -0.374 e. The van der Waals surface area contributed by atoms with Crippen LogP contribution in [-0.4, -0.2) is 35.5 Å². The Kier molecular flexibility index (Phi) is 5.06. The van der Waals surface area contributed by atoms with Crippen LogP contribution in [0.25, 0.3) is 0 Å². The molecule has 0 radical (unpaired) electrons. The van der Waals surface area contributed by atoms with E-state index in [1.165, 1.54) is 11.1 Å². The van der Waals surface area contributed by atoms with E-state index in [1.807, 2.05) is 66.8 Å². The second-order valence-corrected chi connectivity index (χ2v) is 7.28. The molecule has 3 aromatic rings. The van der Waals surface area contributed by atoms with E-state index in [-0.39, 0.29) is 11.9 Å². The number of aromatic nitrogens is 2. The average molecular weight is 372 g/mol. The van der Waals surface area contributed by atoms with Gasteiger partial charge in [-0.25, -0.2) is 0 Å². The van der Waals surface area contributed by atoms with Crippen LogP contribution in [0.4, 0.5) is 11.4 Å². The summed E-state index contributed by atoms with van der Waals surface area (Å²) >= 11 is 0. The molecule has 1 amide bonds. The highest BCUT2D eigenvalue weighted by Gasteiger charge is 2.31. The summed E-state index contributed by atoms with van der Waals surface area (Å²) in [6, 6.07) is 16.2. The van der Waals surface area contributed by atoms with Gasteiger partial charge < -0.3 is 9.80 Å². The van der Waals surface area contributed by atoms with Crippen LogP contribution in [0.1, 0.15) is 28.5 Å². The largest absolute Gasteiger partial charge is 0.374 e. The standard InChI is InChI=1S/C23H24N4O/c1-17-15-19-5-3-4-6-22(19)27(17)23(28)21-16-20(9-13-25-21)26(2)14-10-18-7-11-24-12-8-18/h3-9,11-13,16-17H,10,14-15H2,1-2H3. The molecule has 28 heavy (non-hydrogen) atoms. The van der Waals surface area contributed by atoms with Crippen molar-refractivity contribution < 1.29 is 4.79 Å². The first-order chi connectivity index (χ1) is 13.6. The molecule has 3 heterocycles. The fraction of sp³-hybridized carbons (Fsp3) is 0.261. The Balaban J connectivity index is 1.51. The lowest BCUT2D eigenvalue weighted by atomic mass is 10.1. The molecule has 142 valence electrons. The summed E-state index contributed by atoms with van der Waals surface area (Å²) in [5, 5.41) is 0. The van der Waals surface area contributed by atoms with Gasteiger partial charge in [0.2, 0.25) is 0 Å². The van der Waals surface area contributed by atoms with Crippen LogP contribution in [0.2, 0.25) is 0 Å². The Labute approximate surface area is 165 Å². The molecule has 0 aliphatic carbocycles. The molecular formula is C23H24N4O. The van der Waals surface area contributed by atoms with E-state index in [0.29, 0.717) is 5.69 Å². The summed E-state index contributed by atoms with van der Waals surface area (Å²) in [4.78, 5) is 25.7. The second kappa shape index (κ2) is 7.80. The molecule has 0 N–H and O–H groups in total. The maximum absolute atomic E-state index is 13.2. The lowest BCUT2D eigenvalue weighted by molar-refractivity contribution is 0.0976. The van der Waals surface area contributed by atoms with Gasteiger partial charge in [-0.15, -0.1) is 0 Å². The predicted octanol–water partition coefficient (Wildman–Crippen LogP) is 3.75. The summed E-state index contributed by atoms with van der Waals surface area (Å²) in [5.74, 6) is -0.0400. The fourth-order valence-electron chi connectivity index (χ4n) is 3.75. The number of rotatable bonds is 5. The lowest BCUT2D eigenvalue weighted by Crippen LogP contribution is -2.36. The summed E-state index contributed by atoms with van der Waals surface area (Å²) in [5.41, 5.74) is 4.94. The van der Waals surface area contributed by atoms with Gasteiger partial charge in [0.1, 0.15) is 5.69 Å². The van der Waals surface area contributed by atoms with Crippen molar-refractivity contribution in [1.29, 1.82) is 0 Å². The monoisotopic (exact) mass is 372 g/mol. The van der Waals surface area contributed by atoms with E-state index in [4.69, 9.17) is 0 Å². The highest BCUT2D eigenvalue weighted by atomic mass is 16.2. The SMILES string of the molecule is CC1Cc2ccccc2N1C(=O)c1cc(N(C)CCc2ccncc2)ccn1. The minimum absolute atomic E-state index is 0.0400. The van der Waals surface area contributed by atoms with Gasteiger partial charge in [-0.05, 0) is 61.2 Å². The van der Waals surface area contributed by atoms with E-state index in [1.54, 1.807) is 6.20 Å². The van der Waals surface area contributed by atoms with E-state index in [2.05, 4.69) is 27.9 Å². The van der Waals surface area contributed by atoms with Crippen molar-refractivity contribution in [2.45, 2.75) is 25.8 Å². The zero-order valence-corrected chi connectivity index (χ0v) is 16.2. The van der Waals surface area contributed by atoms with Crippen LogP contribution in [0.3, 0.4) is 0 Å². The smallest absolute Gasteiger partial charge is 0.277 e. The summed E-state index contributed by atoms with van der Waals surface area (Å²) < 4.78 is 0. The van der Waals surface area contributed by atoms with Crippen molar-refractivity contribution in [3.63, 3.8) is 0 Å². The second-order valence-electron chi connectivity index (χ2n) is 7.28. The van der Waals surface area contributed by atoms with Crippen LogP contribution in [0.15, 0.2) is 67.1 Å². The third-order valence-electron chi connectivity index (χ3n) is 5.31. The zero-order chi connectivity index (χ0) is 19.5. The molecule has 1 unspecified atom stereocenters. The van der Waals surface area contributed by atoms with Crippen LogP contribution in [0, 0.1) is 0 Å². The molecule has 1 aromatic carbocycles. The van der Waals surface area contributed by atoms with E-state index in [0.717, 1.165) is 30.8 Å². The van der Waals surface area contributed by atoms with Gasteiger partial charge >= 0.3 is 0 Å². The molecule has 0 saturated carbocycles. The molecule has 0 saturated heterocycles. The highest BCUT2D eigenvalue weighted by Crippen LogP contribution is 2.33. The third-order valence-corrected chi connectivity index (χ3v) is 5.31. The number of fused-ring (bicyclic) bond motifs is 1. The number of carbonyl (C=O) groups excluding carboxylic acids is 1. The van der Waals surface area contributed by atoms with Gasteiger partial charge in [0.25, 0.3) is 5.91 Å². The van der Waals surface area contributed by atoms with Gasteiger partial charge in [0, 0.05) is 49.6 Å². The Morgan fingerprint density at radius 2 is 1.93 bits per heavy atom. The van der Waals surface area contributed by atoms with Crippen molar-refractivity contribution in [3.05, 3.63) is 83.9 Å². The maximum atomic E-state index is 13.2. The fourth-order valence-corrected chi connectivity index (χ4v) is 3.75. The summed E-state index contributed by atoms with van der Waals surface area (Å²) in [7, 11) is 2.04. The summed E-state index contributed by atoms with van der Waals surface area (Å²) in [6.45, 7) is 2.94. The number of pyridine rings is 2. The molecule has 2 aromatic heterocycles. The number of nitrogens with zero attached hydrogens (tertiary/aromatic N) is 4. The number of amides is 1. The zero-order valence-electron chi connectivity index (χ0n) is 16.2. The van der Waals surface area contributed by atoms with Crippen LogP contribution < -0.4 is 9.80 Å². The molecule has 1 aliphatic rings. The van der Waals surface area contributed by atoms with Crippen molar-refractivity contribution in [2.24, 2.45) is 0 Å². The molecular weight excluding hydrogens is 348 g/mol. The Hall–Kier alpha value is -3.21. The summed E-state index contributed by atoms with van der Waals surface area (Å²) in [6.07, 6.45) is 7.15. The number of hydrogen-bond acceptors (Lipinski definition) is 4. The number of hydrogen-bond donors (Lipinski definition) is 0. The Morgan fingerprint density at radius 1 is 1.14 bits per heavy atom. The van der Waals surface area contributed by atoms with Crippen molar-refractivity contribution >= 4 is 17.3 Å². The van der Waals surface area contributed by atoms with Crippen LogP contribution in [-0.2, 0) is 12.8 Å². The van der Waals surface area contributed by atoms with E-state index in [9.17, 15) is 4.79 Å². The minimum atomic E-state index is -0.0400. The van der Waals surface area contributed by atoms with Gasteiger partial charge in [0.05, 0.1) is 0 Å². The first-order valence-electron chi connectivity index (χ1n) is 9.61. The number of para-hydroxylation sites is 1. The van der Waals surface area contributed by atoms with Crippen molar-refractivity contribution in [1.82, 2.24) is 9.97 Å². The predicted molar refractivity (Wildman–Crippen MR) is 112 cm³/mol. The van der Waals surface area contributed by atoms with Gasteiger partial charge in [-0.3, -0.25) is 14.8 Å². The molecule has 0 bridgehead atoms. The molecule has 0 fully saturated rings. The van der Waals surface area contributed by atoms with Crippen LogP contribution in [0.5, 0.6) is 0 Å². The van der Waals surface area contributed by atoms with Gasteiger partial charge in [0.15, 0.2) is 0 Å². The Morgan fingerprint density at radius 3 is 2.75 bits per heavy atom. The topological polar surface area (TPSA) is 49.3 Å². The van der Waals surface area contributed by atoms with Crippen molar-refractivity contribution in [3.8, 4) is 0 Å². The third kappa shape index (κ3) is 3.60. The van der Waals surface area contributed by atoms with E-state index < -0.39 is 0 Å². The first-order valence-corrected chi connectivity index (χ1v) is 9.61.